The molecule has 5 nitrogen and oxygen atoms in total. The summed E-state index contributed by atoms with van der Waals surface area (Å²) in [7, 11) is 0. The third-order valence-electron chi connectivity index (χ3n) is 4.40. The lowest BCUT2D eigenvalue weighted by Gasteiger charge is -2.13. The Labute approximate surface area is 151 Å². The average Bonchev–Trinajstić information content (AvgIpc) is 3.15. The molecule has 0 bridgehead atoms. The number of carbonyl (C=O) groups is 2. The Morgan fingerprint density at radius 3 is 2.88 bits per heavy atom. The van der Waals surface area contributed by atoms with Crippen LogP contribution >= 0.6 is 11.3 Å². The molecule has 6 heteroatoms. The zero-order chi connectivity index (χ0) is 18.0. The normalized spacial score (nSPS) is 14.0. The lowest BCUT2D eigenvalue weighted by molar-refractivity contribution is 0.100. The number of anilines is 1. The lowest BCUT2D eigenvalue weighted by Crippen LogP contribution is -2.18. The number of nitrogens with two attached hydrogens (primary N) is 1. The molecule has 0 aliphatic heterocycles. The van der Waals surface area contributed by atoms with E-state index in [9.17, 15) is 9.59 Å². The quantitative estimate of drug-likeness (QED) is 0.825. The van der Waals surface area contributed by atoms with E-state index in [1.165, 1.54) is 11.3 Å². The van der Waals surface area contributed by atoms with Crippen LogP contribution < -0.4 is 15.8 Å². The van der Waals surface area contributed by atoms with Gasteiger partial charge in [-0.1, -0.05) is 13.0 Å². The summed E-state index contributed by atoms with van der Waals surface area (Å²) >= 11 is 1.45. The van der Waals surface area contributed by atoms with Gasteiger partial charge in [0.05, 0.1) is 11.7 Å². The van der Waals surface area contributed by atoms with Crippen LogP contribution in [-0.2, 0) is 12.8 Å². The highest BCUT2D eigenvalue weighted by Gasteiger charge is 2.26. The van der Waals surface area contributed by atoms with Crippen molar-refractivity contribution in [2.24, 2.45) is 5.73 Å². The van der Waals surface area contributed by atoms with Crippen molar-refractivity contribution >= 4 is 28.2 Å². The molecule has 25 heavy (non-hydrogen) atoms. The molecule has 2 amide bonds. The average molecular weight is 358 g/mol. The van der Waals surface area contributed by atoms with Crippen molar-refractivity contribution in [3.63, 3.8) is 0 Å². The summed E-state index contributed by atoms with van der Waals surface area (Å²) in [4.78, 5) is 25.6. The molecule has 0 radical (unpaired) electrons. The van der Waals surface area contributed by atoms with Gasteiger partial charge >= 0.3 is 0 Å². The number of amides is 2. The van der Waals surface area contributed by atoms with Gasteiger partial charge in [-0.25, -0.2) is 0 Å². The Bertz CT molecular complexity index is 813. The van der Waals surface area contributed by atoms with Gasteiger partial charge in [-0.3, -0.25) is 9.59 Å². The number of thiophene rings is 1. The number of hydrogen-bond acceptors (Lipinski definition) is 4. The summed E-state index contributed by atoms with van der Waals surface area (Å²) in [6, 6.07) is 7.06. The van der Waals surface area contributed by atoms with Gasteiger partial charge < -0.3 is 15.8 Å². The molecule has 132 valence electrons. The molecular formula is C19H22N2O3S. The molecule has 3 N–H and O–H groups in total. The van der Waals surface area contributed by atoms with Crippen LogP contribution in [0.25, 0.3) is 0 Å². The maximum atomic E-state index is 12.6. The predicted octanol–water partition coefficient (Wildman–Crippen LogP) is 3.77. The number of ether oxygens (including phenoxy) is 1. The molecule has 3 rings (SSSR count). The second-order valence-corrected chi connectivity index (χ2v) is 7.35. The molecule has 1 aromatic carbocycles. The van der Waals surface area contributed by atoms with E-state index in [0.717, 1.165) is 36.1 Å². The van der Waals surface area contributed by atoms with Crippen LogP contribution in [0.2, 0.25) is 0 Å². The van der Waals surface area contributed by atoms with E-state index >= 15 is 0 Å². The van der Waals surface area contributed by atoms with Crippen molar-refractivity contribution in [1.29, 1.82) is 0 Å². The van der Waals surface area contributed by atoms with Crippen molar-refractivity contribution < 1.29 is 14.3 Å². The zero-order valence-electron chi connectivity index (χ0n) is 14.4. The topological polar surface area (TPSA) is 81.4 Å². The molecule has 1 aliphatic carbocycles. The summed E-state index contributed by atoms with van der Waals surface area (Å²) < 4.78 is 5.76. The van der Waals surface area contributed by atoms with E-state index in [2.05, 4.69) is 5.32 Å². The summed E-state index contributed by atoms with van der Waals surface area (Å²) in [5.74, 6) is -0.0913. The van der Waals surface area contributed by atoms with E-state index in [-0.39, 0.29) is 12.0 Å². The fourth-order valence-electron chi connectivity index (χ4n) is 2.95. The Morgan fingerprint density at radius 2 is 2.16 bits per heavy atom. The second-order valence-electron chi connectivity index (χ2n) is 6.24. The SMILES string of the molecule is CC[C@@H](C)Oc1cccc(C(=O)Nc2sc3c(c2C(N)=O)CCC3)c1. The van der Waals surface area contributed by atoms with E-state index in [1.807, 2.05) is 19.9 Å². The molecule has 0 unspecified atom stereocenters. The Balaban J connectivity index is 1.81. The maximum Gasteiger partial charge on any atom is 0.256 e. The van der Waals surface area contributed by atoms with Crippen molar-refractivity contribution in [2.75, 3.05) is 5.32 Å². The minimum absolute atomic E-state index is 0.0834. The summed E-state index contributed by atoms with van der Waals surface area (Å²) in [5.41, 5.74) is 7.50. The van der Waals surface area contributed by atoms with E-state index in [0.29, 0.717) is 21.9 Å². The minimum Gasteiger partial charge on any atom is -0.491 e. The second kappa shape index (κ2) is 7.27. The number of carbonyl (C=O) groups excluding carboxylic acids is 2. The van der Waals surface area contributed by atoms with E-state index < -0.39 is 5.91 Å². The molecule has 1 aromatic heterocycles. The van der Waals surface area contributed by atoms with Gasteiger partial charge in [-0.05, 0) is 56.4 Å². The predicted molar refractivity (Wildman–Crippen MR) is 99.6 cm³/mol. The molecule has 0 spiro atoms. The van der Waals surface area contributed by atoms with Crippen LogP contribution in [0.1, 0.15) is 57.8 Å². The fourth-order valence-corrected chi connectivity index (χ4v) is 4.24. The van der Waals surface area contributed by atoms with Crippen molar-refractivity contribution in [2.45, 2.75) is 45.6 Å². The number of rotatable bonds is 6. The van der Waals surface area contributed by atoms with Crippen LogP contribution in [-0.4, -0.2) is 17.9 Å². The van der Waals surface area contributed by atoms with Gasteiger partial charge in [0, 0.05) is 10.4 Å². The van der Waals surface area contributed by atoms with Gasteiger partial charge in [-0.15, -0.1) is 11.3 Å². The van der Waals surface area contributed by atoms with Crippen molar-refractivity contribution in [3.8, 4) is 5.75 Å². The molecule has 0 fully saturated rings. The number of nitrogens with one attached hydrogen (secondary N) is 1. The highest BCUT2D eigenvalue weighted by Crippen LogP contribution is 2.39. The number of aryl methyl sites for hydroxylation is 1. The monoisotopic (exact) mass is 358 g/mol. The maximum absolute atomic E-state index is 12.6. The summed E-state index contributed by atoms with van der Waals surface area (Å²) in [5, 5.41) is 3.41. The number of hydrogen-bond donors (Lipinski definition) is 2. The molecule has 1 heterocycles. The third-order valence-corrected chi connectivity index (χ3v) is 5.61. The molecule has 0 saturated heterocycles. The van der Waals surface area contributed by atoms with E-state index in [4.69, 9.17) is 10.5 Å². The van der Waals surface area contributed by atoms with Crippen LogP contribution in [0.3, 0.4) is 0 Å². The minimum atomic E-state index is -0.483. The Hall–Kier alpha value is -2.34. The Morgan fingerprint density at radius 1 is 1.36 bits per heavy atom. The van der Waals surface area contributed by atoms with Crippen molar-refractivity contribution in [1.82, 2.24) is 0 Å². The largest absolute Gasteiger partial charge is 0.491 e. The van der Waals surface area contributed by atoms with Crippen LogP contribution in [0.4, 0.5) is 5.00 Å². The first-order valence-electron chi connectivity index (χ1n) is 8.52. The molecule has 2 aromatic rings. The Kier molecular flexibility index (Phi) is 5.08. The molecule has 0 saturated carbocycles. The van der Waals surface area contributed by atoms with E-state index in [1.54, 1.807) is 18.2 Å². The van der Waals surface area contributed by atoms with Gasteiger partial charge in [0.1, 0.15) is 10.8 Å². The van der Waals surface area contributed by atoms with Crippen LogP contribution in [0, 0.1) is 0 Å². The fraction of sp³-hybridized carbons (Fsp3) is 0.368. The van der Waals surface area contributed by atoms with Crippen LogP contribution in [0.5, 0.6) is 5.75 Å². The molecule has 1 atom stereocenters. The highest BCUT2D eigenvalue weighted by molar-refractivity contribution is 7.17. The molecule has 1 aliphatic rings. The number of fused-ring (bicyclic) bond motifs is 1. The van der Waals surface area contributed by atoms with Gasteiger partial charge in [0.2, 0.25) is 0 Å². The first-order valence-corrected chi connectivity index (χ1v) is 9.33. The van der Waals surface area contributed by atoms with Gasteiger partial charge in [0.15, 0.2) is 0 Å². The lowest BCUT2D eigenvalue weighted by atomic mass is 10.1. The first-order chi connectivity index (χ1) is 12.0. The molecular weight excluding hydrogens is 336 g/mol. The first kappa shape index (κ1) is 17.5. The number of primary amides is 1. The smallest absolute Gasteiger partial charge is 0.256 e. The number of benzene rings is 1. The summed E-state index contributed by atoms with van der Waals surface area (Å²) in [6.45, 7) is 4.03. The standard InChI is InChI=1S/C19H22N2O3S/c1-3-11(2)24-13-7-4-6-12(10-13)18(23)21-19-16(17(20)22)14-8-5-9-15(14)25-19/h4,6-7,10-11H,3,5,8-9H2,1-2H3,(H2,20,22)(H,21,23)/t11-/m1/s1. The summed E-state index contributed by atoms with van der Waals surface area (Å²) in [6.07, 6.45) is 3.79. The van der Waals surface area contributed by atoms with Gasteiger partial charge in [-0.2, -0.15) is 0 Å². The zero-order valence-corrected chi connectivity index (χ0v) is 15.2. The van der Waals surface area contributed by atoms with Gasteiger partial charge in [0.25, 0.3) is 11.8 Å². The third kappa shape index (κ3) is 3.69. The highest BCUT2D eigenvalue weighted by atomic mass is 32.1. The van der Waals surface area contributed by atoms with Crippen LogP contribution in [0.15, 0.2) is 24.3 Å². The van der Waals surface area contributed by atoms with Crippen molar-refractivity contribution in [3.05, 3.63) is 45.8 Å².